The molecule has 0 aliphatic carbocycles. The fraction of sp³-hybridized carbons (Fsp3) is 0.524. The highest BCUT2D eigenvalue weighted by atomic mass is 127. The Labute approximate surface area is 199 Å². The third-order valence-corrected chi connectivity index (χ3v) is 6.12. The zero-order valence-corrected chi connectivity index (χ0v) is 21.2. The van der Waals surface area contributed by atoms with E-state index >= 15 is 0 Å². The Hall–Kier alpha value is -1.46. The minimum Gasteiger partial charge on any atom is -0.494 e. The average Bonchev–Trinajstić information content (AvgIpc) is 3.03. The summed E-state index contributed by atoms with van der Waals surface area (Å²) in [6, 6.07) is 5.19. The number of rotatable bonds is 6. The second-order valence-electron chi connectivity index (χ2n) is 7.15. The SMILES string of the molecule is CCNC(=NCc1nc(C)c(C)s1)N1CCN(Cc2ccc(OC)c(F)c2)CC1.I. The van der Waals surface area contributed by atoms with Gasteiger partial charge in [0.15, 0.2) is 17.5 Å². The van der Waals surface area contributed by atoms with E-state index in [-0.39, 0.29) is 35.5 Å². The summed E-state index contributed by atoms with van der Waals surface area (Å²) in [5.74, 6) is 0.918. The summed E-state index contributed by atoms with van der Waals surface area (Å²) in [5.41, 5.74) is 2.06. The first kappa shape index (κ1) is 24.8. The topological polar surface area (TPSA) is 53.0 Å². The predicted molar refractivity (Wildman–Crippen MR) is 132 cm³/mol. The van der Waals surface area contributed by atoms with Gasteiger partial charge in [0.1, 0.15) is 5.01 Å². The van der Waals surface area contributed by atoms with Crippen molar-refractivity contribution in [3.8, 4) is 5.75 Å². The molecule has 3 rings (SSSR count). The van der Waals surface area contributed by atoms with E-state index in [1.807, 2.05) is 13.0 Å². The first-order valence-electron chi connectivity index (χ1n) is 10.0. The Morgan fingerprint density at radius 2 is 2.00 bits per heavy atom. The highest BCUT2D eigenvalue weighted by molar-refractivity contribution is 14.0. The number of aliphatic imine (C=N–C) groups is 1. The summed E-state index contributed by atoms with van der Waals surface area (Å²) in [4.78, 5) is 15.3. The summed E-state index contributed by atoms with van der Waals surface area (Å²) < 4.78 is 18.9. The third-order valence-electron chi connectivity index (χ3n) is 5.07. The smallest absolute Gasteiger partial charge is 0.194 e. The summed E-state index contributed by atoms with van der Waals surface area (Å²) in [7, 11) is 1.48. The van der Waals surface area contributed by atoms with Crippen LogP contribution in [-0.4, -0.2) is 60.6 Å². The Kier molecular flexibility index (Phi) is 9.76. The number of halogens is 2. The van der Waals surface area contributed by atoms with Crippen LogP contribution in [0.15, 0.2) is 23.2 Å². The maximum atomic E-state index is 13.9. The van der Waals surface area contributed by atoms with Crippen molar-refractivity contribution >= 4 is 41.3 Å². The monoisotopic (exact) mass is 547 g/mol. The quantitative estimate of drug-likeness (QED) is 0.339. The number of methoxy groups -OCH3 is 1. The van der Waals surface area contributed by atoms with Crippen molar-refractivity contribution in [1.82, 2.24) is 20.1 Å². The average molecular weight is 547 g/mol. The molecule has 0 amide bonds. The first-order chi connectivity index (χ1) is 14.0. The van der Waals surface area contributed by atoms with E-state index in [1.165, 1.54) is 12.0 Å². The maximum Gasteiger partial charge on any atom is 0.194 e. The lowest BCUT2D eigenvalue weighted by molar-refractivity contribution is 0.172. The Bertz CT molecular complexity index is 832. The number of nitrogens with one attached hydrogen (secondary N) is 1. The number of aromatic nitrogens is 1. The number of piperazine rings is 1. The van der Waals surface area contributed by atoms with Gasteiger partial charge in [-0.05, 0) is 38.5 Å². The number of aryl methyl sites for hydroxylation is 2. The van der Waals surface area contributed by atoms with Gasteiger partial charge in [0.25, 0.3) is 0 Å². The predicted octanol–water partition coefficient (Wildman–Crippen LogP) is 3.81. The van der Waals surface area contributed by atoms with Crippen LogP contribution in [0, 0.1) is 19.7 Å². The largest absolute Gasteiger partial charge is 0.494 e. The van der Waals surface area contributed by atoms with Crippen molar-refractivity contribution < 1.29 is 9.13 Å². The molecule has 0 spiro atoms. The molecule has 2 aromatic rings. The molecule has 1 N–H and O–H groups in total. The molecule has 1 aliphatic rings. The second kappa shape index (κ2) is 11.8. The van der Waals surface area contributed by atoms with Crippen molar-refractivity contribution in [2.24, 2.45) is 4.99 Å². The van der Waals surface area contributed by atoms with E-state index in [0.29, 0.717) is 6.54 Å². The van der Waals surface area contributed by atoms with Crippen molar-refractivity contribution in [2.45, 2.75) is 33.9 Å². The van der Waals surface area contributed by atoms with E-state index < -0.39 is 0 Å². The molecule has 0 unspecified atom stereocenters. The molecule has 2 heterocycles. The van der Waals surface area contributed by atoms with Gasteiger partial charge < -0.3 is 15.0 Å². The van der Waals surface area contributed by atoms with Crippen LogP contribution in [-0.2, 0) is 13.1 Å². The molecule has 1 fully saturated rings. The Morgan fingerprint density at radius 1 is 1.27 bits per heavy atom. The fourth-order valence-electron chi connectivity index (χ4n) is 3.36. The van der Waals surface area contributed by atoms with Gasteiger partial charge in [-0.2, -0.15) is 0 Å². The van der Waals surface area contributed by atoms with E-state index in [9.17, 15) is 4.39 Å². The minimum atomic E-state index is -0.308. The highest BCUT2D eigenvalue weighted by Crippen LogP contribution is 2.20. The molecular formula is C21H31FIN5OS. The first-order valence-corrected chi connectivity index (χ1v) is 10.8. The van der Waals surface area contributed by atoms with Gasteiger partial charge in [0.2, 0.25) is 0 Å². The van der Waals surface area contributed by atoms with Crippen molar-refractivity contribution in [3.63, 3.8) is 0 Å². The summed E-state index contributed by atoms with van der Waals surface area (Å²) in [5, 5.41) is 4.45. The Balaban J connectivity index is 0.00000320. The number of thiazole rings is 1. The van der Waals surface area contributed by atoms with E-state index in [1.54, 1.807) is 23.5 Å². The lowest BCUT2D eigenvalue weighted by atomic mass is 10.2. The van der Waals surface area contributed by atoms with E-state index in [0.717, 1.165) is 61.5 Å². The van der Waals surface area contributed by atoms with Gasteiger partial charge in [-0.25, -0.2) is 14.4 Å². The summed E-state index contributed by atoms with van der Waals surface area (Å²) in [6.45, 7) is 12.0. The lowest BCUT2D eigenvalue weighted by Gasteiger charge is -2.36. The van der Waals surface area contributed by atoms with Crippen molar-refractivity contribution in [2.75, 3.05) is 39.8 Å². The molecule has 0 saturated carbocycles. The van der Waals surface area contributed by atoms with Crippen LogP contribution in [0.2, 0.25) is 0 Å². The molecular weight excluding hydrogens is 516 g/mol. The van der Waals surface area contributed by atoms with Crippen LogP contribution in [0.25, 0.3) is 0 Å². The standard InChI is InChI=1S/C21H30FN5OS.HI/c1-5-23-21(24-13-20-25-15(2)16(3)29-20)27-10-8-26(9-11-27)14-17-6-7-19(28-4)18(22)12-17;/h6-7,12H,5,8-11,13-14H2,1-4H3,(H,23,24);1H. The fourth-order valence-corrected chi connectivity index (χ4v) is 4.22. The highest BCUT2D eigenvalue weighted by Gasteiger charge is 2.20. The van der Waals surface area contributed by atoms with Gasteiger partial charge in [0.05, 0.1) is 19.3 Å². The number of hydrogen-bond donors (Lipinski definition) is 1. The van der Waals surface area contributed by atoms with Crippen molar-refractivity contribution in [1.29, 1.82) is 0 Å². The molecule has 9 heteroatoms. The van der Waals surface area contributed by atoms with Crippen molar-refractivity contribution in [3.05, 3.63) is 45.2 Å². The molecule has 0 bridgehead atoms. The number of hydrogen-bond acceptors (Lipinski definition) is 5. The van der Waals surface area contributed by atoms with E-state index in [2.05, 4.69) is 33.9 Å². The summed E-state index contributed by atoms with van der Waals surface area (Å²) in [6.07, 6.45) is 0. The van der Waals surface area contributed by atoms with Crippen LogP contribution in [0.5, 0.6) is 5.75 Å². The van der Waals surface area contributed by atoms with Crippen LogP contribution in [0.3, 0.4) is 0 Å². The zero-order valence-electron chi connectivity index (χ0n) is 18.1. The zero-order chi connectivity index (χ0) is 20.8. The number of guanidine groups is 1. The molecule has 1 aliphatic heterocycles. The number of benzene rings is 1. The molecule has 0 radical (unpaired) electrons. The van der Waals surface area contributed by atoms with E-state index in [4.69, 9.17) is 9.73 Å². The third kappa shape index (κ3) is 6.52. The molecule has 166 valence electrons. The number of ether oxygens (including phenoxy) is 1. The van der Waals surface area contributed by atoms with Crippen LogP contribution >= 0.6 is 35.3 Å². The van der Waals surface area contributed by atoms with Gasteiger partial charge in [-0.1, -0.05) is 6.07 Å². The number of nitrogens with zero attached hydrogens (tertiary/aromatic N) is 4. The summed E-state index contributed by atoms with van der Waals surface area (Å²) >= 11 is 1.71. The second-order valence-corrected chi connectivity index (χ2v) is 8.44. The molecule has 30 heavy (non-hydrogen) atoms. The van der Waals surface area contributed by atoms with Gasteiger partial charge >= 0.3 is 0 Å². The molecule has 1 saturated heterocycles. The van der Waals surface area contributed by atoms with Crippen LogP contribution in [0.4, 0.5) is 4.39 Å². The van der Waals surface area contributed by atoms with Gasteiger partial charge in [0, 0.05) is 44.1 Å². The molecule has 0 atom stereocenters. The normalized spacial score (nSPS) is 15.1. The van der Waals surface area contributed by atoms with Gasteiger partial charge in [-0.3, -0.25) is 4.90 Å². The molecule has 1 aromatic heterocycles. The molecule has 1 aromatic carbocycles. The minimum absolute atomic E-state index is 0. The lowest BCUT2D eigenvalue weighted by Crippen LogP contribution is -2.52. The van der Waals surface area contributed by atoms with Crippen LogP contribution in [0.1, 0.15) is 28.1 Å². The van der Waals surface area contributed by atoms with Crippen LogP contribution < -0.4 is 10.1 Å². The Morgan fingerprint density at radius 3 is 2.57 bits per heavy atom. The maximum absolute atomic E-state index is 13.9. The van der Waals surface area contributed by atoms with Gasteiger partial charge in [-0.15, -0.1) is 35.3 Å². The molecule has 6 nitrogen and oxygen atoms in total.